The Kier molecular flexibility index (Phi) is 6.83. The average Bonchev–Trinajstić information content (AvgIpc) is 2.71. The number of halogens is 1. The van der Waals surface area contributed by atoms with E-state index in [2.05, 4.69) is 15.9 Å². The first-order valence-electron chi connectivity index (χ1n) is 8.71. The van der Waals surface area contributed by atoms with E-state index >= 15 is 0 Å². The fraction of sp³-hybridized carbons (Fsp3) is 0.316. The van der Waals surface area contributed by atoms with Gasteiger partial charge in [0.05, 0.1) is 29.4 Å². The van der Waals surface area contributed by atoms with Gasteiger partial charge in [0.1, 0.15) is 19.0 Å². The first-order valence-corrected chi connectivity index (χ1v) is 9.50. The van der Waals surface area contributed by atoms with E-state index in [1.54, 1.807) is 18.2 Å². The Hall–Kier alpha value is -2.65. The summed E-state index contributed by atoms with van der Waals surface area (Å²) >= 11 is 3.36. The highest BCUT2D eigenvalue weighted by atomic mass is 79.9. The fourth-order valence-corrected chi connectivity index (χ4v) is 3.19. The molecular weight excluding hydrogens is 432 g/mol. The second-order valence-electron chi connectivity index (χ2n) is 6.00. The van der Waals surface area contributed by atoms with Crippen LogP contribution in [0.1, 0.15) is 10.4 Å². The van der Waals surface area contributed by atoms with Crippen molar-refractivity contribution >= 4 is 33.3 Å². The van der Waals surface area contributed by atoms with Gasteiger partial charge in [0, 0.05) is 29.7 Å². The largest absolute Gasteiger partial charge is 0.490 e. The van der Waals surface area contributed by atoms with E-state index in [0.717, 1.165) is 4.47 Å². The van der Waals surface area contributed by atoms with Crippen LogP contribution < -0.4 is 9.64 Å². The maximum atomic E-state index is 12.6. The maximum Gasteiger partial charge on any atom is 0.340 e. The van der Waals surface area contributed by atoms with Crippen LogP contribution in [0.15, 0.2) is 46.9 Å². The Labute approximate surface area is 170 Å². The van der Waals surface area contributed by atoms with Crippen LogP contribution in [0.5, 0.6) is 5.75 Å². The number of carbonyl (C=O) groups is 1. The fourth-order valence-electron chi connectivity index (χ4n) is 2.81. The van der Waals surface area contributed by atoms with E-state index in [1.807, 2.05) is 17.0 Å². The summed E-state index contributed by atoms with van der Waals surface area (Å²) in [7, 11) is 0. The number of nitrogens with zero attached hydrogens (tertiary/aromatic N) is 2. The van der Waals surface area contributed by atoms with E-state index in [9.17, 15) is 14.9 Å². The topological polar surface area (TPSA) is 91.1 Å². The molecule has 1 aliphatic rings. The number of anilines is 1. The summed E-state index contributed by atoms with van der Waals surface area (Å²) < 4.78 is 17.0. The Morgan fingerprint density at radius 2 is 1.96 bits per heavy atom. The van der Waals surface area contributed by atoms with Crippen LogP contribution in [0.2, 0.25) is 0 Å². The lowest BCUT2D eigenvalue weighted by atomic mass is 10.1. The number of hydrogen-bond donors (Lipinski definition) is 0. The molecule has 0 bridgehead atoms. The molecule has 1 aliphatic heterocycles. The van der Waals surface area contributed by atoms with Gasteiger partial charge in [0.15, 0.2) is 0 Å². The van der Waals surface area contributed by atoms with Crippen molar-refractivity contribution in [1.29, 1.82) is 0 Å². The third-order valence-electron chi connectivity index (χ3n) is 4.14. The van der Waals surface area contributed by atoms with Gasteiger partial charge in [-0.15, -0.1) is 0 Å². The second-order valence-corrected chi connectivity index (χ2v) is 6.92. The molecule has 2 aromatic rings. The van der Waals surface area contributed by atoms with Crippen molar-refractivity contribution in [1.82, 2.24) is 0 Å². The molecule has 28 heavy (non-hydrogen) atoms. The predicted molar refractivity (Wildman–Crippen MR) is 106 cm³/mol. The SMILES string of the molecule is O=C(OCCOc1cccc(Br)c1)c1cc([N+](=O)[O-])ccc1N1CCOCC1. The normalized spacial score (nSPS) is 13.8. The van der Waals surface area contributed by atoms with Gasteiger partial charge in [-0.3, -0.25) is 10.1 Å². The van der Waals surface area contributed by atoms with Crippen LogP contribution in [0.25, 0.3) is 0 Å². The second kappa shape index (κ2) is 9.52. The minimum atomic E-state index is -0.622. The van der Waals surface area contributed by atoms with Crippen LogP contribution in [0.4, 0.5) is 11.4 Å². The van der Waals surface area contributed by atoms with Crippen LogP contribution in [-0.4, -0.2) is 50.4 Å². The zero-order valence-corrected chi connectivity index (χ0v) is 16.6. The molecule has 9 heteroatoms. The lowest BCUT2D eigenvalue weighted by molar-refractivity contribution is -0.384. The lowest BCUT2D eigenvalue weighted by Crippen LogP contribution is -2.37. The van der Waals surface area contributed by atoms with Crippen molar-refractivity contribution in [3.8, 4) is 5.75 Å². The van der Waals surface area contributed by atoms with E-state index < -0.39 is 10.9 Å². The van der Waals surface area contributed by atoms with E-state index in [-0.39, 0.29) is 24.5 Å². The number of rotatable bonds is 7. The van der Waals surface area contributed by atoms with Crippen molar-refractivity contribution < 1.29 is 23.9 Å². The third kappa shape index (κ3) is 5.20. The van der Waals surface area contributed by atoms with Gasteiger partial charge in [-0.05, 0) is 24.3 Å². The molecule has 1 heterocycles. The molecular formula is C19H19BrN2O6. The van der Waals surface area contributed by atoms with Crippen molar-refractivity contribution in [3.63, 3.8) is 0 Å². The summed E-state index contributed by atoms with van der Waals surface area (Å²) in [5, 5.41) is 11.1. The zero-order valence-electron chi connectivity index (χ0n) is 15.0. The first-order chi connectivity index (χ1) is 13.5. The molecule has 0 atom stereocenters. The number of morpholine rings is 1. The lowest BCUT2D eigenvalue weighted by Gasteiger charge is -2.30. The van der Waals surface area contributed by atoms with Crippen molar-refractivity contribution in [2.75, 3.05) is 44.4 Å². The summed E-state index contributed by atoms with van der Waals surface area (Å²) in [6, 6.07) is 11.5. The Morgan fingerprint density at radius 1 is 1.18 bits per heavy atom. The Balaban J connectivity index is 1.66. The van der Waals surface area contributed by atoms with Gasteiger partial charge < -0.3 is 19.1 Å². The minimum absolute atomic E-state index is 0.0244. The van der Waals surface area contributed by atoms with Crippen LogP contribution in [-0.2, 0) is 9.47 Å². The molecule has 0 spiro atoms. The monoisotopic (exact) mass is 450 g/mol. The highest BCUT2D eigenvalue weighted by molar-refractivity contribution is 9.10. The van der Waals surface area contributed by atoms with Gasteiger partial charge in [-0.2, -0.15) is 0 Å². The Morgan fingerprint density at radius 3 is 2.68 bits per heavy atom. The molecule has 8 nitrogen and oxygen atoms in total. The average molecular weight is 451 g/mol. The quantitative estimate of drug-likeness (QED) is 0.276. The van der Waals surface area contributed by atoms with Crippen molar-refractivity contribution in [2.24, 2.45) is 0 Å². The molecule has 1 fully saturated rings. The van der Waals surface area contributed by atoms with E-state index in [1.165, 1.54) is 12.1 Å². The summed E-state index contributed by atoms with van der Waals surface area (Å²) in [6.45, 7) is 2.46. The highest BCUT2D eigenvalue weighted by Gasteiger charge is 2.23. The van der Waals surface area contributed by atoms with Crippen LogP contribution in [0.3, 0.4) is 0 Å². The molecule has 0 aromatic heterocycles. The number of ether oxygens (including phenoxy) is 3. The van der Waals surface area contributed by atoms with Crippen molar-refractivity contribution in [2.45, 2.75) is 0 Å². The number of hydrogen-bond acceptors (Lipinski definition) is 7. The molecule has 0 amide bonds. The molecule has 0 N–H and O–H groups in total. The number of non-ortho nitro benzene ring substituents is 1. The van der Waals surface area contributed by atoms with Crippen LogP contribution in [0, 0.1) is 10.1 Å². The zero-order chi connectivity index (χ0) is 19.9. The maximum absolute atomic E-state index is 12.6. The van der Waals surface area contributed by atoms with Gasteiger partial charge in [-0.25, -0.2) is 4.79 Å². The Bertz CT molecular complexity index is 854. The van der Waals surface area contributed by atoms with Gasteiger partial charge in [0.2, 0.25) is 0 Å². The highest BCUT2D eigenvalue weighted by Crippen LogP contribution is 2.27. The molecule has 0 aliphatic carbocycles. The summed E-state index contributed by atoms with van der Waals surface area (Å²) in [5.41, 5.74) is 0.611. The molecule has 148 valence electrons. The molecule has 0 saturated carbocycles. The predicted octanol–water partition coefficient (Wildman–Crippen LogP) is 3.43. The molecule has 0 radical (unpaired) electrons. The number of nitro groups is 1. The van der Waals surface area contributed by atoms with E-state index in [0.29, 0.717) is 37.7 Å². The van der Waals surface area contributed by atoms with Gasteiger partial charge in [0.25, 0.3) is 5.69 Å². The number of esters is 1. The summed E-state index contributed by atoms with van der Waals surface area (Å²) in [5.74, 6) is 0.0258. The summed E-state index contributed by atoms with van der Waals surface area (Å²) in [6.07, 6.45) is 0. The van der Waals surface area contributed by atoms with Gasteiger partial charge >= 0.3 is 5.97 Å². The smallest absolute Gasteiger partial charge is 0.340 e. The van der Waals surface area contributed by atoms with Crippen molar-refractivity contribution in [3.05, 3.63) is 62.6 Å². The molecule has 2 aromatic carbocycles. The molecule has 3 rings (SSSR count). The standard InChI is InChI=1S/C19H19BrN2O6/c20-14-2-1-3-16(12-14)27-10-11-28-19(23)17-13-15(22(24)25)4-5-18(17)21-6-8-26-9-7-21/h1-5,12-13H,6-11H2. The number of carbonyl (C=O) groups excluding carboxylic acids is 1. The van der Waals surface area contributed by atoms with E-state index in [4.69, 9.17) is 14.2 Å². The third-order valence-corrected chi connectivity index (χ3v) is 4.64. The molecule has 1 saturated heterocycles. The van der Waals surface area contributed by atoms with Crippen LogP contribution >= 0.6 is 15.9 Å². The minimum Gasteiger partial charge on any atom is -0.490 e. The first kappa shape index (κ1) is 20.1. The summed E-state index contributed by atoms with van der Waals surface area (Å²) in [4.78, 5) is 25.1. The number of nitro benzene ring substituents is 1. The van der Waals surface area contributed by atoms with Gasteiger partial charge in [-0.1, -0.05) is 22.0 Å². The number of benzene rings is 2. The molecule has 0 unspecified atom stereocenters.